The fourth-order valence-corrected chi connectivity index (χ4v) is 3.79. The van der Waals surface area contributed by atoms with Crippen molar-refractivity contribution in [1.29, 1.82) is 0 Å². The van der Waals surface area contributed by atoms with Crippen LogP contribution in [0.5, 0.6) is 5.75 Å². The number of carbonyl (C=O) groups excluding carboxylic acids is 3. The Morgan fingerprint density at radius 1 is 1.10 bits per heavy atom. The standard InChI is InChI=1S/C22H23IN2O4/c1-22(2,3)25(20(27)14-29-17-7-5-4-6-8-17)18-13-19(26)24(21(18)28)16-11-9-15(23)10-12-16/h4-12,18H,13-14H2,1-3H3. The summed E-state index contributed by atoms with van der Waals surface area (Å²) < 4.78 is 6.59. The third kappa shape index (κ3) is 4.77. The molecule has 0 spiro atoms. The Labute approximate surface area is 184 Å². The van der Waals surface area contributed by atoms with Crippen LogP contribution in [0.15, 0.2) is 54.6 Å². The largest absolute Gasteiger partial charge is 0.484 e. The molecule has 2 aromatic rings. The number of amides is 3. The van der Waals surface area contributed by atoms with Gasteiger partial charge < -0.3 is 9.64 Å². The molecule has 3 amide bonds. The number of para-hydroxylation sites is 1. The van der Waals surface area contributed by atoms with Crippen LogP contribution in [-0.4, -0.2) is 40.8 Å². The van der Waals surface area contributed by atoms with Crippen molar-refractivity contribution in [2.24, 2.45) is 0 Å². The Morgan fingerprint density at radius 3 is 2.31 bits per heavy atom. The smallest absolute Gasteiger partial charge is 0.261 e. The van der Waals surface area contributed by atoms with E-state index in [0.29, 0.717) is 11.4 Å². The molecule has 152 valence electrons. The molecule has 0 aliphatic carbocycles. The molecule has 1 heterocycles. The minimum absolute atomic E-state index is 0.0425. The van der Waals surface area contributed by atoms with Crippen molar-refractivity contribution in [2.45, 2.75) is 38.8 Å². The van der Waals surface area contributed by atoms with Crippen LogP contribution < -0.4 is 9.64 Å². The molecule has 7 heteroatoms. The van der Waals surface area contributed by atoms with Crippen LogP contribution in [0.1, 0.15) is 27.2 Å². The lowest BCUT2D eigenvalue weighted by atomic mass is 10.0. The first-order chi connectivity index (χ1) is 13.7. The third-order valence-corrected chi connectivity index (χ3v) is 5.34. The van der Waals surface area contributed by atoms with E-state index in [0.717, 1.165) is 3.57 Å². The molecule has 1 fully saturated rings. The van der Waals surface area contributed by atoms with E-state index >= 15 is 0 Å². The summed E-state index contributed by atoms with van der Waals surface area (Å²) in [5.74, 6) is -0.465. The number of rotatable bonds is 5. The second-order valence-electron chi connectivity index (χ2n) is 7.80. The Kier molecular flexibility index (Phi) is 6.26. The van der Waals surface area contributed by atoms with Gasteiger partial charge in [0.1, 0.15) is 11.8 Å². The Hall–Kier alpha value is -2.42. The molecule has 0 bridgehead atoms. The van der Waals surface area contributed by atoms with E-state index in [-0.39, 0.29) is 30.7 Å². The van der Waals surface area contributed by atoms with E-state index in [2.05, 4.69) is 22.6 Å². The van der Waals surface area contributed by atoms with Crippen molar-refractivity contribution < 1.29 is 19.1 Å². The molecular weight excluding hydrogens is 483 g/mol. The van der Waals surface area contributed by atoms with Gasteiger partial charge in [0.15, 0.2) is 6.61 Å². The van der Waals surface area contributed by atoms with E-state index in [4.69, 9.17) is 4.74 Å². The number of anilines is 1. The molecule has 0 saturated carbocycles. The average molecular weight is 506 g/mol. The Balaban J connectivity index is 1.81. The minimum atomic E-state index is -0.853. The SMILES string of the molecule is CC(C)(C)N(C(=O)COc1ccccc1)C1CC(=O)N(c2ccc(I)cc2)C1=O. The molecule has 1 atom stereocenters. The maximum atomic E-state index is 13.1. The maximum absolute atomic E-state index is 13.1. The van der Waals surface area contributed by atoms with Gasteiger partial charge in [-0.2, -0.15) is 0 Å². The second kappa shape index (κ2) is 8.52. The van der Waals surface area contributed by atoms with E-state index < -0.39 is 11.6 Å². The molecule has 6 nitrogen and oxygen atoms in total. The summed E-state index contributed by atoms with van der Waals surface area (Å²) in [5.41, 5.74) is -0.135. The van der Waals surface area contributed by atoms with Gasteiger partial charge in [-0.1, -0.05) is 18.2 Å². The minimum Gasteiger partial charge on any atom is -0.484 e. The highest BCUT2D eigenvalue weighted by atomic mass is 127. The predicted octanol–water partition coefficient (Wildman–Crippen LogP) is 3.63. The van der Waals surface area contributed by atoms with Gasteiger partial charge in [0.2, 0.25) is 5.91 Å². The number of hydrogen-bond donors (Lipinski definition) is 0. The van der Waals surface area contributed by atoms with E-state index in [1.807, 2.05) is 51.1 Å². The zero-order chi connectivity index (χ0) is 21.2. The van der Waals surface area contributed by atoms with Gasteiger partial charge in [0, 0.05) is 9.11 Å². The molecule has 0 radical (unpaired) electrons. The van der Waals surface area contributed by atoms with Crippen LogP contribution >= 0.6 is 22.6 Å². The first kappa shape index (κ1) is 21.3. The number of ether oxygens (including phenoxy) is 1. The number of imide groups is 1. The van der Waals surface area contributed by atoms with E-state index in [1.165, 1.54) is 9.80 Å². The maximum Gasteiger partial charge on any atom is 0.261 e. The molecule has 1 saturated heterocycles. The summed E-state index contributed by atoms with van der Waals surface area (Å²) >= 11 is 2.16. The highest BCUT2D eigenvalue weighted by Gasteiger charge is 2.47. The van der Waals surface area contributed by atoms with E-state index in [1.54, 1.807) is 24.3 Å². The normalized spacial score (nSPS) is 16.8. The summed E-state index contributed by atoms with van der Waals surface area (Å²) in [6.45, 7) is 5.33. The molecule has 1 unspecified atom stereocenters. The molecule has 29 heavy (non-hydrogen) atoms. The van der Waals surface area contributed by atoms with Gasteiger partial charge in [0.05, 0.1) is 12.1 Å². The zero-order valence-corrected chi connectivity index (χ0v) is 18.8. The molecule has 3 rings (SSSR count). The van der Waals surface area contributed by atoms with Crippen LogP contribution in [0, 0.1) is 3.57 Å². The van der Waals surface area contributed by atoms with Crippen molar-refractivity contribution in [2.75, 3.05) is 11.5 Å². The van der Waals surface area contributed by atoms with Crippen LogP contribution in [0.3, 0.4) is 0 Å². The quantitative estimate of drug-likeness (QED) is 0.459. The van der Waals surface area contributed by atoms with Crippen LogP contribution in [0.4, 0.5) is 5.69 Å². The second-order valence-corrected chi connectivity index (χ2v) is 9.05. The summed E-state index contributed by atoms with van der Waals surface area (Å²) in [6.07, 6.45) is -0.0425. The fourth-order valence-electron chi connectivity index (χ4n) is 3.43. The van der Waals surface area contributed by atoms with Crippen molar-refractivity contribution >= 4 is 46.0 Å². The summed E-state index contributed by atoms with van der Waals surface area (Å²) in [5, 5.41) is 0. The van der Waals surface area contributed by atoms with Crippen LogP contribution in [-0.2, 0) is 14.4 Å². The zero-order valence-electron chi connectivity index (χ0n) is 16.6. The van der Waals surface area contributed by atoms with Gasteiger partial charge in [-0.3, -0.25) is 14.4 Å². The number of halogens is 1. The van der Waals surface area contributed by atoms with Gasteiger partial charge in [0.25, 0.3) is 11.8 Å². The number of carbonyl (C=O) groups is 3. The molecular formula is C22H23IN2O4. The molecule has 1 aliphatic heterocycles. The first-order valence-electron chi connectivity index (χ1n) is 9.31. The van der Waals surface area contributed by atoms with Crippen molar-refractivity contribution in [3.05, 3.63) is 58.2 Å². The fraction of sp³-hybridized carbons (Fsp3) is 0.318. The molecule has 1 aliphatic rings. The van der Waals surface area contributed by atoms with Crippen LogP contribution in [0.2, 0.25) is 0 Å². The summed E-state index contributed by atoms with van der Waals surface area (Å²) in [6, 6.07) is 15.3. The van der Waals surface area contributed by atoms with Gasteiger partial charge in [-0.15, -0.1) is 0 Å². The van der Waals surface area contributed by atoms with Gasteiger partial charge in [-0.25, -0.2) is 4.90 Å². The Bertz CT molecular complexity index is 907. The van der Waals surface area contributed by atoms with Crippen molar-refractivity contribution in [3.63, 3.8) is 0 Å². The Morgan fingerprint density at radius 2 is 1.72 bits per heavy atom. The predicted molar refractivity (Wildman–Crippen MR) is 119 cm³/mol. The molecule has 0 aromatic heterocycles. The number of hydrogen-bond acceptors (Lipinski definition) is 4. The molecule has 2 aromatic carbocycles. The number of benzene rings is 2. The van der Waals surface area contributed by atoms with Gasteiger partial charge >= 0.3 is 0 Å². The highest BCUT2D eigenvalue weighted by Crippen LogP contribution is 2.30. The van der Waals surface area contributed by atoms with Gasteiger partial charge in [-0.05, 0) is 79.8 Å². The monoisotopic (exact) mass is 506 g/mol. The lowest BCUT2D eigenvalue weighted by Crippen LogP contribution is -2.55. The van der Waals surface area contributed by atoms with Crippen molar-refractivity contribution in [1.82, 2.24) is 4.90 Å². The van der Waals surface area contributed by atoms with Crippen LogP contribution in [0.25, 0.3) is 0 Å². The lowest BCUT2D eigenvalue weighted by molar-refractivity contribution is -0.145. The highest BCUT2D eigenvalue weighted by molar-refractivity contribution is 14.1. The summed E-state index contributed by atoms with van der Waals surface area (Å²) in [4.78, 5) is 41.4. The average Bonchev–Trinajstić information content (AvgIpc) is 2.95. The number of nitrogens with zero attached hydrogens (tertiary/aromatic N) is 2. The molecule has 0 N–H and O–H groups in total. The van der Waals surface area contributed by atoms with E-state index in [9.17, 15) is 14.4 Å². The topological polar surface area (TPSA) is 66.9 Å². The van der Waals surface area contributed by atoms with Crippen molar-refractivity contribution in [3.8, 4) is 5.75 Å². The lowest BCUT2D eigenvalue weighted by Gasteiger charge is -2.39. The summed E-state index contributed by atoms with van der Waals surface area (Å²) in [7, 11) is 0. The third-order valence-electron chi connectivity index (χ3n) is 4.62. The first-order valence-corrected chi connectivity index (χ1v) is 10.4.